The summed E-state index contributed by atoms with van der Waals surface area (Å²) in [6.07, 6.45) is 0.751. The fraction of sp³-hybridized carbons (Fsp3) is 0.588. The number of ether oxygens (including phenoxy) is 2. The van der Waals surface area contributed by atoms with Crippen LogP contribution in [0, 0.1) is 5.92 Å². The normalized spacial score (nSPS) is 25.5. The van der Waals surface area contributed by atoms with Crippen molar-refractivity contribution < 1.29 is 14.3 Å². The predicted molar refractivity (Wildman–Crippen MR) is 89.7 cm³/mol. The van der Waals surface area contributed by atoms with E-state index in [4.69, 9.17) is 21.1 Å². The molecule has 1 amide bonds. The largest absolute Gasteiger partial charge is 0.379 e. The second-order valence-corrected chi connectivity index (χ2v) is 6.56. The summed E-state index contributed by atoms with van der Waals surface area (Å²) in [5, 5.41) is 3.63. The molecule has 0 bridgehead atoms. The molecule has 1 aromatic carbocycles. The summed E-state index contributed by atoms with van der Waals surface area (Å²) in [5.74, 6) is -0.0752. The third kappa shape index (κ3) is 4.23. The number of benzene rings is 1. The first-order valence-corrected chi connectivity index (χ1v) is 8.52. The van der Waals surface area contributed by atoms with E-state index in [1.807, 2.05) is 25.1 Å². The molecular formula is C17H23ClN2O3. The van der Waals surface area contributed by atoms with Crippen LogP contribution in [0.15, 0.2) is 18.2 Å². The van der Waals surface area contributed by atoms with Gasteiger partial charge in [-0.1, -0.05) is 17.7 Å². The molecule has 0 aliphatic carbocycles. The van der Waals surface area contributed by atoms with Gasteiger partial charge < -0.3 is 14.8 Å². The van der Waals surface area contributed by atoms with Gasteiger partial charge in [0, 0.05) is 37.0 Å². The first kappa shape index (κ1) is 16.7. The Balaban J connectivity index is 1.61. The zero-order chi connectivity index (χ0) is 16.2. The SMILES string of the molecule is C[C@H]1OCC[C@@H]1C(=O)Nc1ccc(CN2CCOCC2)c(Cl)c1. The van der Waals surface area contributed by atoms with Gasteiger partial charge in [0.2, 0.25) is 5.91 Å². The first-order valence-electron chi connectivity index (χ1n) is 8.14. The molecule has 1 aromatic rings. The summed E-state index contributed by atoms with van der Waals surface area (Å²) >= 11 is 6.39. The van der Waals surface area contributed by atoms with Crippen molar-refractivity contribution in [2.24, 2.45) is 5.92 Å². The maximum absolute atomic E-state index is 12.3. The third-order valence-corrected chi connectivity index (χ3v) is 4.88. The van der Waals surface area contributed by atoms with Crippen LogP contribution in [0.1, 0.15) is 18.9 Å². The molecule has 0 aromatic heterocycles. The standard InChI is InChI=1S/C17H23ClN2O3/c1-12-15(4-7-23-12)17(21)19-14-3-2-13(16(18)10-14)11-20-5-8-22-9-6-20/h2-3,10,12,15H,4-9,11H2,1H3,(H,19,21)/t12-,15+/m1/s1. The summed E-state index contributed by atoms with van der Waals surface area (Å²) in [6.45, 7) is 6.79. The number of carbonyl (C=O) groups is 1. The van der Waals surface area contributed by atoms with Crippen molar-refractivity contribution in [3.05, 3.63) is 28.8 Å². The van der Waals surface area contributed by atoms with E-state index in [9.17, 15) is 4.79 Å². The molecule has 23 heavy (non-hydrogen) atoms. The molecule has 2 aliphatic rings. The summed E-state index contributed by atoms with van der Waals surface area (Å²) in [7, 11) is 0. The monoisotopic (exact) mass is 338 g/mol. The number of carbonyl (C=O) groups excluding carboxylic acids is 1. The first-order chi connectivity index (χ1) is 11.1. The smallest absolute Gasteiger partial charge is 0.230 e. The zero-order valence-corrected chi connectivity index (χ0v) is 14.1. The molecule has 126 valence electrons. The van der Waals surface area contributed by atoms with E-state index in [0.29, 0.717) is 11.6 Å². The fourth-order valence-electron chi connectivity index (χ4n) is 3.06. The molecule has 2 heterocycles. The molecule has 2 saturated heterocycles. The summed E-state index contributed by atoms with van der Waals surface area (Å²) < 4.78 is 10.8. The van der Waals surface area contributed by atoms with Crippen LogP contribution in [0.25, 0.3) is 0 Å². The molecule has 2 atom stereocenters. The lowest BCUT2D eigenvalue weighted by Crippen LogP contribution is -2.35. The van der Waals surface area contributed by atoms with Crippen LogP contribution in [-0.4, -0.2) is 49.8 Å². The minimum absolute atomic E-state index is 0.00648. The van der Waals surface area contributed by atoms with E-state index >= 15 is 0 Å². The van der Waals surface area contributed by atoms with Crippen molar-refractivity contribution in [3.63, 3.8) is 0 Å². The maximum atomic E-state index is 12.3. The number of amides is 1. The topological polar surface area (TPSA) is 50.8 Å². The molecule has 6 heteroatoms. The van der Waals surface area contributed by atoms with E-state index < -0.39 is 0 Å². The van der Waals surface area contributed by atoms with Crippen LogP contribution < -0.4 is 5.32 Å². The lowest BCUT2D eigenvalue weighted by atomic mass is 10.0. The Morgan fingerprint density at radius 2 is 2.13 bits per heavy atom. The molecule has 1 N–H and O–H groups in total. The van der Waals surface area contributed by atoms with Crippen molar-refractivity contribution in [1.29, 1.82) is 0 Å². The maximum Gasteiger partial charge on any atom is 0.230 e. The van der Waals surface area contributed by atoms with Crippen molar-refractivity contribution in [2.75, 3.05) is 38.2 Å². The minimum atomic E-state index is -0.0817. The quantitative estimate of drug-likeness (QED) is 0.916. The van der Waals surface area contributed by atoms with Gasteiger partial charge >= 0.3 is 0 Å². The van der Waals surface area contributed by atoms with Gasteiger partial charge in [-0.15, -0.1) is 0 Å². The number of hydrogen-bond acceptors (Lipinski definition) is 4. The van der Waals surface area contributed by atoms with Gasteiger partial charge in [-0.2, -0.15) is 0 Å². The molecule has 0 radical (unpaired) electrons. The lowest BCUT2D eigenvalue weighted by molar-refractivity contribution is -0.121. The van der Waals surface area contributed by atoms with Crippen LogP contribution in [0.4, 0.5) is 5.69 Å². The van der Waals surface area contributed by atoms with Gasteiger partial charge in [-0.05, 0) is 31.0 Å². The fourth-order valence-corrected chi connectivity index (χ4v) is 3.30. The number of nitrogens with one attached hydrogen (secondary N) is 1. The average Bonchev–Trinajstić information content (AvgIpc) is 2.97. The Hall–Kier alpha value is -1.14. The number of nitrogens with zero attached hydrogens (tertiary/aromatic N) is 1. The Bertz CT molecular complexity index is 561. The molecule has 5 nitrogen and oxygen atoms in total. The van der Waals surface area contributed by atoms with Gasteiger partial charge in [0.1, 0.15) is 0 Å². The van der Waals surface area contributed by atoms with E-state index in [2.05, 4.69) is 10.2 Å². The number of anilines is 1. The Morgan fingerprint density at radius 3 is 2.78 bits per heavy atom. The average molecular weight is 339 g/mol. The lowest BCUT2D eigenvalue weighted by Gasteiger charge is -2.27. The zero-order valence-electron chi connectivity index (χ0n) is 13.4. The van der Waals surface area contributed by atoms with Crippen LogP contribution in [0.5, 0.6) is 0 Å². The van der Waals surface area contributed by atoms with E-state index in [1.165, 1.54) is 0 Å². The van der Waals surface area contributed by atoms with Crippen molar-refractivity contribution in [3.8, 4) is 0 Å². The van der Waals surface area contributed by atoms with E-state index in [-0.39, 0.29) is 17.9 Å². The summed E-state index contributed by atoms with van der Waals surface area (Å²) in [4.78, 5) is 14.6. The minimum Gasteiger partial charge on any atom is -0.379 e. The van der Waals surface area contributed by atoms with Gasteiger partial charge in [-0.3, -0.25) is 9.69 Å². The summed E-state index contributed by atoms with van der Waals surface area (Å²) in [5.41, 5.74) is 1.81. The number of hydrogen-bond donors (Lipinski definition) is 1. The van der Waals surface area contributed by atoms with Gasteiger partial charge in [0.15, 0.2) is 0 Å². The van der Waals surface area contributed by atoms with Crippen LogP contribution in [0.2, 0.25) is 5.02 Å². The molecular weight excluding hydrogens is 316 g/mol. The highest BCUT2D eigenvalue weighted by Gasteiger charge is 2.30. The second-order valence-electron chi connectivity index (χ2n) is 6.16. The van der Waals surface area contributed by atoms with Crippen molar-refractivity contribution in [1.82, 2.24) is 4.90 Å². The highest BCUT2D eigenvalue weighted by Crippen LogP contribution is 2.25. The third-order valence-electron chi connectivity index (χ3n) is 4.53. The Morgan fingerprint density at radius 1 is 1.35 bits per heavy atom. The summed E-state index contributed by atoms with van der Waals surface area (Å²) in [6, 6.07) is 5.73. The van der Waals surface area contributed by atoms with Crippen LogP contribution >= 0.6 is 11.6 Å². The number of rotatable bonds is 4. The van der Waals surface area contributed by atoms with E-state index in [1.54, 1.807) is 0 Å². The Labute approximate surface area is 141 Å². The van der Waals surface area contributed by atoms with Crippen molar-refractivity contribution in [2.45, 2.75) is 26.0 Å². The highest BCUT2D eigenvalue weighted by molar-refractivity contribution is 6.31. The highest BCUT2D eigenvalue weighted by atomic mass is 35.5. The van der Waals surface area contributed by atoms with E-state index in [0.717, 1.165) is 50.5 Å². The van der Waals surface area contributed by atoms with Gasteiger partial charge in [0.25, 0.3) is 0 Å². The molecule has 0 unspecified atom stereocenters. The molecule has 2 aliphatic heterocycles. The molecule has 3 rings (SSSR count). The van der Waals surface area contributed by atoms with Crippen molar-refractivity contribution >= 4 is 23.2 Å². The molecule has 0 saturated carbocycles. The number of halogens is 1. The van der Waals surface area contributed by atoms with Crippen LogP contribution in [0.3, 0.4) is 0 Å². The van der Waals surface area contributed by atoms with Gasteiger partial charge in [0.05, 0.1) is 25.2 Å². The molecule has 0 spiro atoms. The van der Waals surface area contributed by atoms with Gasteiger partial charge in [-0.25, -0.2) is 0 Å². The number of morpholine rings is 1. The Kier molecular flexibility index (Phi) is 5.54. The predicted octanol–water partition coefficient (Wildman–Crippen LogP) is 2.54. The second kappa shape index (κ2) is 7.62. The van der Waals surface area contributed by atoms with Crippen LogP contribution in [-0.2, 0) is 20.8 Å². The molecule has 2 fully saturated rings.